The van der Waals surface area contributed by atoms with E-state index in [1.54, 1.807) is 0 Å². The summed E-state index contributed by atoms with van der Waals surface area (Å²) >= 11 is 5.22. The summed E-state index contributed by atoms with van der Waals surface area (Å²) < 4.78 is 1.29. The highest BCUT2D eigenvalue weighted by molar-refractivity contribution is 6.22. The van der Waals surface area contributed by atoms with Gasteiger partial charge in [0.1, 0.15) is 12.2 Å². The molecule has 0 saturated carbocycles. The maximum atomic E-state index is 10.0. The molecule has 1 rings (SSSR count). The monoisotopic (exact) mass is 160 g/mol. The van der Waals surface area contributed by atoms with Crippen LogP contribution in [-0.4, -0.2) is 14.5 Å². The highest BCUT2D eigenvalue weighted by Crippen LogP contribution is 2.06. The lowest BCUT2D eigenvalue weighted by Gasteiger charge is -1.85. The van der Waals surface area contributed by atoms with E-state index in [4.69, 9.17) is 11.6 Å². The summed E-state index contributed by atoms with van der Waals surface area (Å²) in [6.45, 7) is 0. The molecule has 0 amide bonds. The minimum atomic E-state index is -0.586. The van der Waals surface area contributed by atoms with Crippen LogP contribution in [0.5, 0.6) is 0 Å². The van der Waals surface area contributed by atoms with Crippen LogP contribution in [0.3, 0.4) is 0 Å². The normalized spacial score (nSPS) is 9.70. The Morgan fingerprint density at radius 1 is 1.90 bits per heavy atom. The van der Waals surface area contributed by atoms with Crippen molar-refractivity contribution in [2.75, 3.05) is 0 Å². The van der Waals surface area contributed by atoms with E-state index in [-0.39, 0.29) is 5.82 Å². The zero-order chi connectivity index (χ0) is 7.56. The third kappa shape index (κ3) is 1.24. The predicted molar refractivity (Wildman–Crippen MR) is 34.4 cm³/mol. The number of rotatable bonds is 2. The van der Waals surface area contributed by atoms with E-state index in [2.05, 4.69) is 4.98 Å². The van der Waals surface area contributed by atoms with Crippen LogP contribution in [-0.2, 0) is 0 Å². The Labute approximate surface area is 61.4 Å². The van der Waals surface area contributed by atoms with Gasteiger partial charge in [-0.1, -0.05) is 11.6 Å². The summed E-state index contributed by atoms with van der Waals surface area (Å²) in [5.41, 5.74) is 0. The minimum Gasteiger partial charge on any atom is -0.358 e. The molecule has 0 unspecified atom stereocenters. The van der Waals surface area contributed by atoms with E-state index in [1.807, 2.05) is 0 Å². The second-order valence-corrected chi connectivity index (χ2v) is 1.73. The number of imidazole rings is 1. The smallest absolute Gasteiger partial charge is 0.358 e. The first-order chi connectivity index (χ1) is 4.74. The third-order valence-corrected chi connectivity index (χ3v) is 1.11. The molecular formula is C4H3ClN3O2. The van der Waals surface area contributed by atoms with E-state index < -0.39 is 4.92 Å². The standard InChI is InChI=1S/C4H3ClN3O2/c5-2-7-1-4(6-3-7)8(9)10/h1-3H. The second kappa shape index (κ2) is 2.66. The summed E-state index contributed by atoms with van der Waals surface area (Å²) in [5.74, 6) is -0.211. The molecule has 53 valence electrons. The van der Waals surface area contributed by atoms with Gasteiger partial charge in [-0.05, 0) is 9.91 Å². The molecule has 0 atom stereocenters. The number of halogens is 1. The van der Waals surface area contributed by atoms with Gasteiger partial charge in [0.25, 0.3) is 0 Å². The molecule has 0 aliphatic heterocycles. The first-order valence-corrected chi connectivity index (χ1v) is 2.79. The van der Waals surface area contributed by atoms with Gasteiger partial charge in [0.2, 0.25) is 6.33 Å². The quantitative estimate of drug-likeness (QED) is 0.479. The zero-order valence-corrected chi connectivity index (χ0v) is 5.52. The fraction of sp³-hybridized carbons (Fsp3) is 0. The van der Waals surface area contributed by atoms with Gasteiger partial charge >= 0.3 is 5.82 Å². The van der Waals surface area contributed by atoms with Crippen LogP contribution in [0.1, 0.15) is 0 Å². The molecule has 1 radical (unpaired) electrons. The lowest BCUT2D eigenvalue weighted by atomic mass is 10.8. The largest absolute Gasteiger partial charge is 0.381 e. The first-order valence-electron chi connectivity index (χ1n) is 2.35. The molecule has 6 heteroatoms. The van der Waals surface area contributed by atoms with Gasteiger partial charge in [-0.3, -0.25) is 4.57 Å². The van der Waals surface area contributed by atoms with E-state index in [1.165, 1.54) is 17.1 Å². The van der Waals surface area contributed by atoms with Crippen LogP contribution in [0.25, 0.3) is 0 Å². The van der Waals surface area contributed by atoms with Gasteiger partial charge in [-0.25, -0.2) is 0 Å². The molecule has 0 saturated heterocycles. The highest BCUT2D eigenvalue weighted by Gasteiger charge is 2.07. The maximum absolute atomic E-state index is 10.0. The van der Waals surface area contributed by atoms with Crippen molar-refractivity contribution in [3.05, 3.63) is 28.6 Å². The molecule has 0 spiro atoms. The van der Waals surface area contributed by atoms with Gasteiger partial charge in [0.15, 0.2) is 0 Å². The summed E-state index contributed by atoms with van der Waals surface area (Å²) in [4.78, 5) is 12.9. The van der Waals surface area contributed by atoms with Gasteiger partial charge < -0.3 is 10.1 Å². The first kappa shape index (κ1) is 7.01. The second-order valence-electron chi connectivity index (χ2n) is 1.53. The number of nitrogens with zero attached hydrogens (tertiary/aromatic N) is 3. The average Bonchev–Trinajstić information content (AvgIpc) is 2.34. The molecule has 0 aromatic carbocycles. The van der Waals surface area contributed by atoms with E-state index in [9.17, 15) is 10.1 Å². The van der Waals surface area contributed by atoms with Crippen LogP contribution in [0.15, 0.2) is 12.5 Å². The number of aromatic nitrogens is 2. The van der Waals surface area contributed by atoms with Gasteiger partial charge in [-0.15, -0.1) is 0 Å². The third-order valence-electron chi connectivity index (χ3n) is 0.888. The Hall–Kier alpha value is -1.10. The van der Waals surface area contributed by atoms with Gasteiger partial charge in [0, 0.05) is 0 Å². The topological polar surface area (TPSA) is 61.0 Å². The SMILES string of the molecule is O=[N+]([O-])c1cn([CH]Cl)cn1. The Bertz CT molecular complexity index is 246. The van der Waals surface area contributed by atoms with Crippen molar-refractivity contribution in [1.82, 2.24) is 9.55 Å². The Morgan fingerprint density at radius 3 is 2.90 bits per heavy atom. The molecule has 0 N–H and O–H groups in total. The van der Waals surface area contributed by atoms with E-state index in [0.717, 1.165) is 6.00 Å². The molecule has 1 aromatic heterocycles. The lowest BCUT2D eigenvalue weighted by molar-refractivity contribution is -0.389. The zero-order valence-electron chi connectivity index (χ0n) is 4.77. The van der Waals surface area contributed by atoms with Crippen LogP contribution < -0.4 is 0 Å². The molecule has 0 fully saturated rings. The molecule has 5 nitrogen and oxygen atoms in total. The van der Waals surface area contributed by atoms with Crippen molar-refractivity contribution in [1.29, 1.82) is 0 Å². The number of hydrogen-bond acceptors (Lipinski definition) is 3. The molecule has 0 bridgehead atoms. The average molecular weight is 161 g/mol. The Balaban J connectivity index is 2.88. The van der Waals surface area contributed by atoms with Crippen molar-refractivity contribution in [3.63, 3.8) is 0 Å². The van der Waals surface area contributed by atoms with Crippen molar-refractivity contribution in [2.24, 2.45) is 0 Å². The minimum absolute atomic E-state index is 0.211. The van der Waals surface area contributed by atoms with E-state index >= 15 is 0 Å². The van der Waals surface area contributed by atoms with Crippen molar-refractivity contribution >= 4 is 17.4 Å². The summed E-state index contributed by atoms with van der Waals surface area (Å²) in [7, 11) is 0. The number of nitro groups is 1. The Morgan fingerprint density at radius 2 is 2.60 bits per heavy atom. The molecule has 1 heterocycles. The van der Waals surface area contributed by atoms with Crippen LogP contribution >= 0.6 is 11.6 Å². The summed E-state index contributed by atoms with van der Waals surface area (Å²) in [6, 6.07) is 1.15. The Kier molecular flexibility index (Phi) is 1.86. The van der Waals surface area contributed by atoms with Crippen LogP contribution in [0.2, 0.25) is 0 Å². The number of hydrogen-bond donors (Lipinski definition) is 0. The summed E-state index contributed by atoms with van der Waals surface area (Å²) in [6.07, 6.45) is 2.47. The lowest BCUT2D eigenvalue weighted by Crippen LogP contribution is -1.86. The molecule has 10 heavy (non-hydrogen) atoms. The fourth-order valence-corrected chi connectivity index (χ4v) is 0.580. The van der Waals surface area contributed by atoms with Crippen LogP contribution in [0.4, 0.5) is 5.82 Å². The highest BCUT2D eigenvalue weighted by atomic mass is 35.5. The van der Waals surface area contributed by atoms with Crippen molar-refractivity contribution in [2.45, 2.75) is 0 Å². The van der Waals surface area contributed by atoms with Crippen LogP contribution in [0, 0.1) is 16.1 Å². The van der Waals surface area contributed by atoms with Crippen molar-refractivity contribution < 1.29 is 4.92 Å². The van der Waals surface area contributed by atoms with E-state index in [0.29, 0.717) is 0 Å². The maximum Gasteiger partial charge on any atom is 0.381 e. The van der Waals surface area contributed by atoms with Gasteiger partial charge in [-0.2, -0.15) is 0 Å². The summed E-state index contributed by atoms with van der Waals surface area (Å²) in [5, 5.41) is 10.0. The molecule has 1 aromatic rings. The predicted octanol–water partition coefficient (Wildman–Crippen LogP) is 0.997. The fourth-order valence-electron chi connectivity index (χ4n) is 0.473. The van der Waals surface area contributed by atoms with Gasteiger partial charge in [0.05, 0.1) is 0 Å². The molecule has 0 aliphatic carbocycles. The molecular weight excluding hydrogens is 158 g/mol. The molecule has 0 aliphatic rings. The van der Waals surface area contributed by atoms with Crippen molar-refractivity contribution in [3.8, 4) is 0 Å².